The lowest BCUT2D eigenvalue weighted by atomic mass is 9.93. The van der Waals surface area contributed by atoms with Crippen LogP contribution in [0.5, 0.6) is 0 Å². The first-order chi connectivity index (χ1) is 25.3. The molecule has 0 saturated heterocycles. The van der Waals surface area contributed by atoms with Gasteiger partial charge in [0.2, 0.25) is 0 Å². The van der Waals surface area contributed by atoms with E-state index in [0.717, 1.165) is 55.7 Å². The normalized spacial score (nSPS) is 11.5. The molecule has 0 amide bonds. The van der Waals surface area contributed by atoms with Crippen molar-refractivity contribution in [2.75, 3.05) is 4.90 Å². The van der Waals surface area contributed by atoms with Crippen LogP contribution in [0.2, 0.25) is 0 Å². The van der Waals surface area contributed by atoms with Crippen molar-refractivity contribution in [1.82, 2.24) is 0 Å². The van der Waals surface area contributed by atoms with Gasteiger partial charge < -0.3 is 9.32 Å². The highest BCUT2D eigenvalue weighted by Gasteiger charge is 2.20. The van der Waals surface area contributed by atoms with E-state index >= 15 is 0 Å². The fourth-order valence-corrected chi connectivity index (χ4v) is 8.65. The lowest BCUT2D eigenvalue weighted by Gasteiger charge is -2.27. The predicted molar refractivity (Wildman–Crippen MR) is 218 cm³/mol. The molecule has 51 heavy (non-hydrogen) atoms. The molecule has 2 nitrogen and oxygen atoms in total. The summed E-state index contributed by atoms with van der Waals surface area (Å²) in [6, 6.07) is 67.5. The Morgan fingerprint density at radius 1 is 0.373 bits per heavy atom. The van der Waals surface area contributed by atoms with Crippen LogP contribution < -0.4 is 4.90 Å². The van der Waals surface area contributed by atoms with E-state index in [1.165, 1.54) is 36.9 Å². The number of benzene rings is 8. The van der Waals surface area contributed by atoms with Gasteiger partial charge in [0, 0.05) is 37.6 Å². The fraction of sp³-hybridized carbons (Fsp3) is 0. The van der Waals surface area contributed by atoms with Crippen LogP contribution in [-0.4, -0.2) is 0 Å². The van der Waals surface area contributed by atoms with Crippen molar-refractivity contribution >= 4 is 70.5 Å². The smallest absolute Gasteiger partial charge is 0.136 e. The first-order valence-electron chi connectivity index (χ1n) is 17.3. The summed E-state index contributed by atoms with van der Waals surface area (Å²) >= 11 is 1.86. The van der Waals surface area contributed by atoms with Gasteiger partial charge in [-0.3, -0.25) is 0 Å². The molecule has 8 aromatic carbocycles. The molecule has 10 aromatic rings. The number of thiophene rings is 1. The third-order valence-corrected chi connectivity index (χ3v) is 11.1. The Morgan fingerprint density at radius 2 is 1.00 bits per heavy atom. The van der Waals surface area contributed by atoms with Gasteiger partial charge in [0.1, 0.15) is 11.2 Å². The van der Waals surface area contributed by atoms with Crippen LogP contribution in [0.4, 0.5) is 17.1 Å². The standard InChI is InChI=1S/C48H31NOS/c1-3-12-32(13-4-1)33-22-25-36(26-23-33)49(44-19-11-18-42-41-17-8-10-21-47(41)51-48(42)44)37-27-29-38(43(31-37)34-14-5-2-6-15-34)35-24-28-40-39-16-7-9-20-45(39)50-46(40)30-35/h1-31H. The summed E-state index contributed by atoms with van der Waals surface area (Å²) < 4.78 is 8.90. The number of nitrogens with zero attached hydrogens (tertiary/aromatic N) is 1. The number of anilines is 3. The van der Waals surface area contributed by atoms with Crippen molar-refractivity contribution < 1.29 is 4.42 Å². The Morgan fingerprint density at radius 3 is 1.82 bits per heavy atom. The molecule has 0 unspecified atom stereocenters. The minimum atomic E-state index is 0.897. The second-order valence-electron chi connectivity index (χ2n) is 12.9. The summed E-state index contributed by atoms with van der Waals surface area (Å²) in [7, 11) is 0. The molecular weight excluding hydrogens is 639 g/mol. The summed E-state index contributed by atoms with van der Waals surface area (Å²) in [6.45, 7) is 0. The van der Waals surface area contributed by atoms with E-state index < -0.39 is 0 Å². The van der Waals surface area contributed by atoms with Gasteiger partial charge in [-0.25, -0.2) is 0 Å². The topological polar surface area (TPSA) is 16.4 Å². The maximum atomic E-state index is 6.34. The Kier molecular flexibility index (Phi) is 7.04. The minimum Gasteiger partial charge on any atom is -0.456 e. The number of hydrogen-bond acceptors (Lipinski definition) is 3. The van der Waals surface area contributed by atoms with Gasteiger partial charge in [-0.2, -0.15) is 0 Å². The minimum absolute atomic E-state index is 0.897. The van der Waals surface area contributed by atoms with Crippen molar-refractivity contribution in [2.45, 2.75) is 0 Å². The molecule has 2 aromatic heterocycles. The Balaban J connectivity index is 1.18. The van der Waals surface area contributed by atoms with Crippen molar-refractivity contribution in [2.24, 2.45) is 0 Å². The van der Waals surface area contributed by atoms with Crippen LogP contribution in [0, 0.1) is 0 Å². The monoisotopic (exact) mass is 669 g/mol. The summed E-state index contributed by atoms with van der Waals surface area (Å²) in [5.74, 6) is 0. The van der Waals surface area contributed by atoms with E-state index in [1.54, 1.807) is 0 Å². The Labute approximate surface area is 300 Å². The van der Waals surface area contributed by atoms with E-state index in [9.17, 15) is 0 Å². The highest BCUT2D eigenvalue weighted by atomic mass is 32.1. The van der Waals surface area contributed by atoms with Crippen LogP contribution in [0.1, 0.15) is 0 Å². The molecule has 0 aliphatic carbocycles. The van der Waals surface area contributed by atoms with Gasteiger partial charge in [0.15, 0.2) is 0 Å². The highest BCUT2D eigenvalue weighted by Crippen LogP contribution is 2.47. The SMILES string of the molecule is c1ccc(-c2ccc(N(c3ccc(-c4ccc5c(c4)oc4ccccc45)c(-c4ccccc4)c3)c3cccc4c3sc3ccccc34)cc2)cc1. The molecule has 0 fully saturated rings. The maximum absolute atomic E-state index is 6.34. The molecular formula is C48H31NOS. The van der Waals surface area contributed by atoms with Crippen molar-refractivity contribution in [3.63, 3.8) is 0 Å². The van der Waals surface area contributed by atoms with Crippen LogP contribution in [0.15, 0.2) is 192 Å². The molecule has 3 heteroatoms. The van der Waals surface area contributed by atoms with E-state index in [4.69, 9.17) is 4.42 Å². The molecule has 0 aliphatic rings. The zero-order valence-electron chi connectivity index (χ0n) is 27.7. The quantitative estimate of drug-likeness (QED) is 0.175. The van der Waals surface area contributed by atoms with Gasteiger partial charge in [-0.15, -0.1) is 11.3 Å². The van der Waals surface area contributed by atoms with Gasteiger partial charge in [0.25, 0.3) is 0 Å². The lowest BCUT2D eigenvalue weighted by Crippen LogP contribution is -2.10. The van der Waals surface area contributed by atoms with Crippen LogP contribution in [-0.2, 0) is 0 Å². The number of furan rings is 1. The molecule has 0 bridgehead atoms. The molecule has 0 aliphatic heterocycles. The second kappa shape index (κ2) is 12.2. The second-order valence-corrected chi connectivity index (χ2v) is 14.0. The summed E-state index contributed by atoms with van der Waals surface area (Å²) in [5.41, 5.74) is 12.2. The third kappa shape index (κ3) is 5.10. The van der Waals surface area contributed by atoms with Gasteiger partial charge in [0.05, 0.1) is 10.4 Å². The first-order valence-corrected chi connectivity index (χ1v) is 18.1. The number of rotatable bonds is 6. The summed E-state index contributed by atoms with van der Waals surface area (Å²) in [6.07, 6.45) is 0. The number of hydrogen-bond donors (Lipinski definition) is 0. The molecule has 0 N–H and O–H groups in total. The van der Waals surface area contributed by atoms with Crippen molar-refractivity contribution in [3.8, 4) is 33.4 Å². The molecule has 2 heterocycles. The average molecular weight is 670 g/mol. The molecule has 0 radical (unpaired) electrons. The van der Waals surface area contributed by atoms with Crippen LogP contribution >= 0.6 is 11.3 Å². The third-order valence-electron chi connectivity index (χ3n) is 9.89. The van der Waals surface area contributed by atoms with Crippen molar-refractivity contribution in [3.05, 3.63) is 188 Å². The number of para-hydroxylation sites is 1. The van der Waals surface area contributed by atoms with Gasteiger partial charge >= 0.3 is 0 Å². The van der Waals surface area contributed by atoms with Crippen LogP contribution in [0.3, 0.4) is 0 Å². The maximum Gasteiger partial charge on any atom is 0.136 e. The largest absolute Gasteiger partial charge is 0.456 e. The molecule has 0 saturated carbocycles. The first kappa shape index (κ1) is 29.5. The van der Waals surface area contributed by atoms with Gasteiger partial charge in [-0.1, -0.05) is 133 Å². The lowest BCUT2D eigenvalue weighted by molar-refractivity contribution is 0.669. The zero-order valence-corrected chi connectivity index (χ0v) is 28.5. The van der Waals surface area contributed by atoms with E-state index in [1.807, 2.05) is 23.5 Å². The molecule has 10 rings (SSSR count). The van der Waals surface area contributed by atoms with E-state index in [0.29, 0.717) is 0 Å². The molecule has 0 atom stereocenters. The highest BCUT2D eigenvalue weighted by molar-refractivity contribution is 7.26. The molecule has 0 spiro atoms. The Hall–Kier alpha value is -6.42. The fourth-order valence-electron chi connectivity index (χ4n) is 7.44. The summed E-state index contributed by atoms with van der Waals surface area (Å²) in [5, 5.41) is 4.84. The molecule has 240 valence electrons. The average Bonchev–Trinajstić information content (AvgIpc) is 3.78. The van der Waals surface area contributed by atoms with E-state index in [2.05, 4.69) is 181 Å². The zero-order chi connectivity index (χ0) is 33.7. The van der Waals surface area contributed by atoms with Crippen LogP contribution in [0.25, 0.3) is 75.5 Å². The number of fused-ring (bicyclic) bond motifs is 6. The Bertz CT molecular complexity index is 2850. The van der Waals surface area contributed by atoms with Crippen molar-refractivity contribution in [1.29, 1.82) is 0 Å². The van der Waals surface area contributed by atoms with Gasteiger partial charge in [-0.05, 0) is 88.0 Å². The predicted octanol–water partition coefficient (Wildman–Crippen LogP) is 14.4. The summed E-state index contributed by atoms with van der Waals surface area (Å²) in [4.78, 5) is 2.42. The van der Waals surface area contributed by atoms with E-state index in [-0.39, 0.29) is 0 Å².